The van der Waals surface area contributed by atoms with Crippen LogP contribution < -0.4 is 276 Å². The van der Waals surface area contributed by atoms with E-state index >= 15 is 0 Å². The van der Waals surface area contributed by atoms with E-state index < -0.39 is 52.9 Å². The smallest absolute Gasteiger partial charge is 0.809 e. The molecule has 13 nitrogen and oxygen atoms in total. The Hall–Kier alpha value is 7.78. The van der Waals surface area contributed by atoms with Crippen LogP contribution in [0.15, 0.2) is 30.3 Å². The van der Waals surface area contributed by atoms with Crippen LogP contribution in [0.1, 0.15) is 5.56 Å². The summed E-state index contributed by atoms with van der Waals surface area (Å²) in [5.41, 5.74) is -7.76. The fraction of sp³-hybridized carbons (Fsp3) is 0.333. The Balaban J connectivity index is -0.000000141. The van der Waals surface area contributed by atoms with Gasteiger partial charge in [0, 0.05) is 6.54 Å². The first kappa shape index (κ1) is 60.9. The van der Waals surface area contributed by atoms with Crippen molar-refractivity contribution in [3.8, 4) is 0 Å². The van der Waals surface area contributed by atoms with E-state index in [1.54, 1.807) is 0 Å². The zero-order valence-electron chi connectivity index (χ0n) is 20.4. The van der Waals surface area contributed by atoms with Gasteiger partial charge in [-0.1, -0.05) is 30.3 Å². The molecule has 0 amide bonds. The maximum atomic E-state index is 11.2. The van der Waals surface area contributed by atoms with Crippen LogP contribution in [-0.2, 0) is 24.8 Å². The van der Waals surface area contributed by atoms with Crippen molar-refractivity contribution in [3.63, 3.8) is 0 Å². The first-order valence-corrected chi connectivity index (χ1v) is 12.8. The van der Waals surface area contributed by atoms with Crippen LogP contribution >= 0.6 is 30.4 Å². The van der Waals surface area contributed by atoms with E-state index in [1.807, 2.05) is 0 Å². The van der Waals surface area contributed by atoms with Crippen molar-refractivity contribution >= 4 is 30.4 Å². The molecule has 0 aliphatic heterocycles. The predicted molar refractivity (Wildman–Crippen MR) is 70.0 cm³/mol. The van der Waals surface area contributed by atoms with E-state index in [1.165, 1.54) is 18.2 Å². The van der Waals surface area contributed by atoms with Gasteiger partial charge in [0.05, 0.1) is 11.0 Å². The predicted octanol–water partition coefficient (Wildman–Crippen LogP) is -29.3. The standard InChI is InChI=1S/C9H17NO12P4.8Na/c11-23(12,13)8(24(14,15)16)10(6-7-4-2-1-3-5-7)9(25(17,18)19)26(20,21)22;;;;;;;;/h1-5,8-9H,6H2,(H2,11,12,13)(H2,14,15,16)(H2,17,18,19)(H2,20,21,22);;;;;;;;/q;8*+1/p-8. The Kier molecular flexibility index (Phi) is 46.6. The number of nitrogens with zero attached hydrogens (tertiary/aromatic N) is 1. The summed E-state index contributed by atoms with van der Waals surface area (Å²) >= 11 is 0. The van der Waals surface area contributed by atoms with E-state index in [0.29, 0.717) is 0 Å². The summed E-state index contributed by atoms with van der Waals surface area (Å²) < 4.78 is 45.0. The van der Waals surface area contributed by atoms with Gasteiger partial charge in [-0.3, -0.25) is 4.90 Å². The molecule has 1 aromatic rings. The Bertz CT molecular complexity index is 740. The normalized spacial score (nSPS) is 11.0. The van der Waals surface area contributed by atoms with E-state index in [4.69, 9.17) is 0 Å². The van der Waals surface area contributed by atoms with Crippen molar-refractivity contribution in [2.75, 3.05) is 0 Å². The van der Waals surface area contributed by atoms with Crippen molar-refractivity contribution in [3.05, 3.63) is 35.9 Å². The third kappa shape index (κ3) is 22.3. The van der Waals surface area contributed by atoms with Crippen molar-refractivity contribution in [2.45, 2.75) is 17.6 Å². The molecule has 1 rings (SSSR count). The Labute approximate surface area is 374 Å². The van der Waals surface area contributed by atoms with Gasteiger partial charge in [0.1, 0.15) is 0 Å². The minimum atomic E-state index is -6.54. The van der Waals surface area contributed by atoms with E-state index in [-0.39, 0.29) is 242 Å². The molecule has 0 saturated heterocycles. The minimum Gasteiger partial charge on any atom is -0.809 e. The van der Waals surface area contributed by atoms with Crippen LogP contribution in [0.25, 0.3) is 0 Å². The van der Waals surface area contributed by atoms with Crippen LogP contribution in [0.4, 0.5) is 0 Å². The van der Waals surface area contributed by atoms with E-state index in [9.17, 15) is 57.4 Å². The summed E-state index contributed by atoms with van der Waals surface area (Å²) in [5.74, 6) is 0. The summed E-state index contributed by atoms with van der Waals surface area (Å²) in [5, 5.41) is 0. The van der Waals surface area contributed by atoms with Gasteiger partial charge in [0.15, 0.2) is 0 Å². The van der Waals surface area contributed by atoms with Crippen molar-refractivity contribution < 1.29 is 294 Å². The Morgan fingerprint density at radius 1 is 0.529 bits per heavy atom. The van der Waals surface area contributed by atoms with Crippen LogP contribution in [0.2, 0.25) is 0 Å². The van der Waals surface area contributed by atoms with Crippen molar-refractivity contribution in [2.24, 2.45) is 0 Å². The van der Waals surface area contributed by atoms with Crippen LogP contribution in [0, 0.1) is 0 Å². The van der Waals surface area contributed by atoms with Gasteiger partial charge in [-0.15, -0.1) is 0 Å². The largest absolute Gasteiger partial charge is 1.00 e. The Morgan fingerprint density at radius 2 is 0.765 bits per heavy atom. The average Bonchev–Trinajstić information content (AvgIpc) is 2.32. The second kappa shape index (κ2) is 26.0. The maximum absolute atomic E-state index is 11.2. The van der Waals surface area contributed by atoms with Crippen LogP contribution in [0.3, 0.4) is 0 Å². The third-order valence-electron chi connectivity index (χ3n) is 2.93. The molecule has 0 heterocycles. The summed E-state index contributed by atoms with van der Waals surface area (Å²) in [6, 6.07) is 6.13. The molecule has 25 heteroatoms. The van der Waals surface area contributed by atoms with Crippen LogP contribution in [0.5, 0.6) is 0 Å². The molecule has 0 aliphatic carbocycles. The van der Waals surface area contributed by atoms with Gasteiger partial charge in [-0.25, -0.2) is 0 Å². The van der Waals surface area contributed by atoms with Gasteiger partial charge in [-0.05, 0) is 35.9 Å². The number of rotatable bonds is 8. The number of hydrogen-bond donors (Lipinski definition) is 0. The second-order valence-corrected chi connectivity index (χ2v) is 12.1. The fourth-order valence-corrected chi connectivity index (χ4v) is 7.65. The van der Waals surface area contributed by atoms with Crippen LogP contribution in [-0.4, -0.2) is 15.9 Å². The van der Waals surface area contributed by atoms with Gasteiger partial charge in [0.25, 0.3) is 0 Å². The Morgan fingerprint density at radius 3 is 0.971 bits per heavy atom. The van der Waals surface area contributed by atoms with Crippen molar-refractivity contribution in [1.29, 1.82) is 0 Å². The van der Waals surface area contributed by atoms with Gasteiger partial charge in [0.2, 0.25) is 0 Å². The number of hydrogen-bond acceptors (Lipinski definition) is 13. The molecule has 0 saturated carbocycles. The quantitative estimate of drug-likeness (QED) is 0.191. The molecule has 0 atom stereocenters. The number of benzene rings is 1. The zero-order chi connectivity index (χ0) is 20.6. The molecule has 34 heavy (non-hydrogen) atoms. The first-order chi connectivity index (χ1) is 11.5. The molecular weight excluding hydrogens is 622 g/mol. The molecule has 150 valence electrons. The molecular formula is C9H9NNa8O12P4. The topological polar surface area (TPSA) is 256 Å². The molecule has 0 aliphatic rings. The third-order valence-corrected chi connectivity index (χ3v) is 9.78. The molecule has 1 aromatic carbocycles. The SMILES string of the molecule is O=P([O-])([O-])C(N(Cc1ccccc1)C(P(=O)([O-])[O-])P(=O)([O-])[O-])P(=O)([O-])[O-].[Na+].[Na+].[Na+].[Na+].[Na+].[Na+].[Na+].[Na+]. The molecule has 0 spiro atoms. The molecule has 0 bridgehead atoms. The monoisotopic (exact) mass is 631 g/mol. The molecule has 0 N–H and O–H groups in total. The van der Waals surface area contributed by atoms with E-state index in [0.717, 1.165) is 12.1 Å². The minimum absolute atomic E-state index is 0. The summed E-state index contributed by atoms with van der Waals surface area (Å²) in [6.07, 6.45) is 0. The zero-order valence-corrected chi connectivity index (χ0v) is 40.0. The molecule has 0 fully saturated rings. The first-order valence-electron chi connectivity index (χ1n) is 6.32. The van der Waals surface area contributed by atoms with E-state index in [2.05, 4.69) is 0 Å². The van der Waals surface area contributed by atoms with Gasteiger partial charge in [-0.2, -0.15) is 0 Å². The summed E-state index contributed by atoms with van der Waals surface area (Å²) in [4.78, 5) is 89.2. The second-order valence-electron chi connectivity index (χ2n) is 5.01. The van der Waals surface area contributed by atoms with Gasteiger partial charge < -0.3 is 57.4 Å². The fourth-order valence-electron chi connectivity index (χ4n) is 2.15. The molecule has 0 aromatic heterocycles. The average molecular weight is 631 g/mol. The maximum Gasteiger partial charge on any atom is 1.00 e. The molecule has 0 unspecified atom stereocenters. The molecule has 0 radical (unpaired) electrons. The van der Waals surface area contributed by atoms with Gasteiger partial charge >= 0.3 is 236 Å². The summed E-state index contributed by atoms with van der Waals surface area (Å²) in [7, 11) is -26.2. The van der Waals surface area contributed by atoms with Crippen molar-refractivity contribution in [1.82, 2.24) is 4.90 Å². The summed E-state index contributed by atoms with van der Waals surface area (Å²) in [6.45, 7) is -1.29.